The summed E-state index contributed by atoms with van der Waals surface area (Å²) in [5.74, 6) is -0.844. The molecular weight excluding hydrogens is 406 g/mol. The minimum absolute atomic E-state index is 0.0842. The van der Waals surface area contributed by atoms with Crippen molar-refractivity contribution >= 4 is 21.8 Å². The summed E-state index contributed by atoms with van der Waals surface area (Å²) in [5.41, 5.74) is 0.827. The largest absolute Gasteiger partial charge is 0.497 e. The van der Waals surface area contributed by atoms with Crippen molar-refractivity contribution in [2.45, 2.75) is 30.3 Å². The topological polar surface area (TPSA) is 105 Å². The maximum atomic E-state index is 12.9. The van der Waals surface area contributed by atoms with Gasteiger partial charge in [0.15, 0.2) is 0 Å². The molecule has 0 saturated carbocycles. The molecule has 1 saturated heterocycles. The Labute approximate surface area is 176 Å². The molecule has 1 atom stereocenters. The summed E-state index contributed by atoms with van der Waals surface area (Å²) >= 11 is 0. The lowest BCUT2D eigenvalue weighted by Gasteiger charge is -2.24. The Morgan fingerprint density at radius 2 is 1.70 bits per heavy atom. The molecule has 2 aromatic carbocycles. The number of nitrogens with zero attached hydrogens (tertiary/aromatic N) is 1. The monoisotopic (exact) mass is 431 g/mol. The fraction of sp³-hybridized carbons (Fsp3) is 0.333. The van der Waals surface area contributed by atoms with Crippen molar-refractivity contribution < 1.29 is 22.7 Å². The normalized spacial score (nSPS) is 16.8. The van der Waals surface area contributed by atoms with E-state index in [4.69, 9.17) is 4.74 Å². The number of methoxy groups -OCH3 is 1. The van der Waals surface area contributed by atoms with Crippen LogP contribution in [0.1, 0.15) is 18.4 Å². The van der Waals surface area contributed by atoms with E-state index in [0.29, 0.717) is 25.1 Å². The number of nitrogens with one attached hydrogen (secondary N) is 2. The summed E-state index contributed by atoms with van der Waals surface area (Å²) in [6.45, 7) is 0.677. The van der Waals surface area contributed by atoms with Crippen molar-refractivity contribution in [1.82, 2.24) is 14.9 Å². The highest BCUT2D eigenvalue weighted by atomic mass is 32.2. The van der Waals surface area contributed by atoms with E-state index in [1.54, 1.807) is 61.7 Å². The first-order valence-corrected chi connectivity index (χ1v) is 11.1. The van der Waals surface area contributed by atoms with Gasteiger partial charge in [-0.2, -0.15) is 4.31 Å². The highest BCUT2D eigenvalue weighted by Crippen LogP contribution is 2.25. The standard InChI is InChI=1S/C21H25N3O5S/c1-29-18-11-9-16(10-12-18)14-22-20(25)21(26)23-15-17-6-5-13-24(17)30(27,28)19-7-3-2-4-8-19/h2-4,7-12,17H,5-6,13-15H2,1H3,(H,22,25)(H,23,26)/t17-/m1/s1. The number of hydrogen-bond donors (Lipinski definition) is 2. The molecule has 1 heterocycles. The van der Waals surface area contributed by atoms with Crippen LogP contribution in [0.25, 0.3) is 0 Å². The molecule has 160 valence electrons. The Hall–Kier alpha value is -2.91. The van der Waals surface area contributed by atoms with Crippen molar-refractivity contribution in [2.24, 2.45) is 0 Å². The van der Waals surface area contributed by atoms with Crippen LogP contribution in [-0.2, 0) is 26.2 Å². The van der Waals surface area contributed by atoms with Gasteiger partial charge in [-0.05, 0) is 42.7 Å². The quantitative estimate of drug-likeness (QED) is 0.643. The number of rotatable bonds is 7. The molecule has 0 radical (unpaired) electrons. The lowest BCUT2D eigenvalue weighted by molar-refractivity contribution is -0.139. The van der Waals surface area contributed by atoms with Gasteiger partial charge in [0.2, 0.25) is 10.0 Å². The predicted molar refractivity (Wildman–Crippen MR) is 111 cm³/mol. The van der Waals surface area contributed by atoms with Crippen LogP contribution in [0.2, 0.25) is 0 Å². The number of carbonyl (C=O) groups is 2. The number of amides is 2. The summed E-state index contributed by atoms with van der Waals surface area (Å²) < 4.78 is 32.2. The van der Waals surface area contributed by atoms with Gasteiger partial charge in [0.25, 0.3) is 0 Å². The third-order valence-corrected chi connectivity index (χ3v) is 6.96. The average Bonchev–Trinajstić information content (AvgIpc) is 3.26. The van der Waals surface area contributed by atoms with Crippen LogP contribution in [-0.4, -0.2) is 50.8 Å². The van der Waals surface area contributed by atoms with Gasteiger partial charge < -0.3 is 15.4 Å². The molecule has 30 heavy (non-hydrogen) atoms. The van der Waals surface area contributed by atoms with Gasteiger partial charge in [-0.3, -0.25) is 9.59 Å². The van der Waals surface area contributed by atoms with Crippen molar-refractivity contribution in [3.05, 3.63) is 60.2 Å². The summed E-state index contributed by atoms with van der Waals surface area (Å²) in [4.78, 5) is 24.4. The second-order valence-corrected chi connectivity index (χ2v) is 8.86. The average molecular weight is 432 g/mol. The summed E-state index contributed by atoms with van der Waals surface area (Å²) in [6, 6.07) is 14.9. The highest BCUT2D eigenvalue weighted by molar-refractivity contribution is 7.89. The fourth-order valence-corrected chi connectivity index (χ4v) is 5.07. The maximum Gasteiger partial charge on any atom is 0.309 e. The number of benzene rings is 2. The summed E-state index contributed by atoms with van der Waals surface area (Å²) in [5, 5.41) is 5.11. The van der Waals surface area contributed by atoms with Crippen LogP contribution in [0, 0.1) is 0 Å². The molecule has 0 aromatic heterocycles. The molecule has 1 aliphatic heterocycles. The van der Waals surface area contributed by atoms with Gasteiger partial charge in [0.1, 0.15) is 5.75 Å². The predicted octanol–water partition coefficient (Wildman–Crippen LogP) is 1.28. The molecule has 3 rings (SSSR count). The smallest absolute Gasteiger partial charge is 0.309 e. The maximum absolute atomic E-state index is 12.9. The fourth-order valence-electron chi connectivity index (χ4n) is 3.35. The van der Waals surface area contributed by atoms with E-state index in [1.807, 2.05) is 0 Å². The van der Waals surface area contributed by atoms with Gasteiger partial charge in [-0.1, -0.05) is 30.3 Å². The molecule has 0 spiro atoms. The first-order valence-electron chi connectivity index (χ1n) is 9.67. The summed E-state index contributed by atoms with van der Waals surface area (Å²) in [6.07, 6.45) is 1.33. The Kier molecular flexibility index (Phi) is 7.07. The molecular formula is C21H25N3O5S. The van der Waals surface area contributed by atoms with Crippen LogP contribution in [0.15, 0.2) is 59.5 Å². The minimum atomic E-state index is -3.64. The molecule has 0 unspecified atom stereocenters. The van der Waals surface area contributed by atoms with E-state index in [-0.39, 0.29) is 24.0 Å². The van der Waals surface area contributed by atoms with Gasteiger partial charge in [-0.25, -0.2) is 8.42 Å². The van der Waals surface area contributed by atoms with Crippen LogP contribution in [0.5, 0.6) is 5.75 Å². The van der Waals surface area contributed by atoms with E-state index in [1.165, 1.54) is 4.31 Å². The van der Waals surface area contributed by atoms with Crippen molar-refractivity contribution in [3.63, 3.8) is 0 Å². The summed E-state index contributed by atoms with van der Waals surface area (Å²) in [7, 11) is -2.07. The Morgan fingerprint density at radius 1 is 1.03 bits per heavy atom. The second-order valence-electron chi connectivity index (χ2n) is 6.97. The van der Waals surface area contributed by atoms with E-state index in [2.05, 4.69) is 10.6 Å². The third-order valence-electron chi connectivity index (χ3n) is 4.99. The SMILES string of the molecule is COc1ccc(CNC(=O)C(=O)NC[C@H]2CCCN2S(=O)(=O)c2ccccc2)cc1. The molecule has 8 nitrogen and oxygen atoms in total. The molecule has 9 heteroatoms. The van der Waals surface area contributed by atoms with E-state index in [9.17, 15) is 18.0 Å². The zero-order chi connectivity index (χ0) is 21.6. The first-order chi connectivity index (χ1) is 14.4. The molecule has 0 bridgehead atoms. The minimum Gasteiger partial charge on any atom is -0.497 e. The Bertz CT molecular complexity index is 977. The van der Waals surface area contributed by atoms with Crippen LogP contribution >= 0.6 is 0 Å². The molecule has 1 aliphatic rings. The van der Waals surface area contributed by atoms with Gasteiger partial charge >= 0.3 is 11.8 Å². The van der Waals surface area contributed by atoms with Crippen LogP contribution < -0.4 is 15.4 Å². The van der Waals surface area contributed by atoms with Gasteiger partial charge in [-0.15, -0.1) is 0 Å². The number of sulfonamides is 1. The molecule has 1 fully saturated rings. The van der Waals surface area contributed by atoms with E-state index >= 15 is 0 Å². The van der Waals surface area contributed by atoms with Crippen LogP contribution in [0.3, 0.4) is 0 Å². The third kappa shape index (κ3) is 5.17. The molecule has 0 aliphatic carbocycles. The van der Waals surface area contributed by atoms with E-state index < -0.39 is 21.8 Å². The number of carbonyl (C=O) groups excluding carboxylic acids is 2. The Morgan fingerprint density at radius 3 is 2.37 bits per heavy atom. The lowest BCUT2D eigenvalue weighted by atomic mass is 10.2. The molecule has 2 amide bonds. The zero-order valence-electron chi connectivity index (χ0n) is 16.7. The van der Waals surface area contributed by atoms with E-state index in [0.717, 1.165) is 5.56 Å². The molecule has 2 aromatic rings. The van der Waals surface area contributed by atoms with Crippen LogP contribution in [0.4, 0.5) is 0 Å². The number of ether oxygens (including phenoxy) is 1. The number of hydrogen-bond acceptors (Lipinski definition) is 5. The zero-order valence-corrected chi connectivity index (χ0v) is 17.5. The second kappa shape index (κ2) is 9.73. The van der Waals surface area contributed by atoms with Gasteiger partial charge in [0, 0.05) is 25.7 Å². The molecule has 2 N–H and O–H groups in total. The van der Waals surface area contributed by atoms with Crippen molar-refractivity contribution in [3.8, 4) is 5.75 Å². The van der Waals surface area contributed by atoms with Crippen molar-refractivity contribution in [1.29, 1.82) is 0 Å². The first kappa shape index (κ1) is 21.8. The van der Waals surface area contributed by atoms with Crippen molar-refractivity contribution in [2.75, 3.05) is 20.2 Å². The Balaban J connectivity index is 1.52. The highest BCUT2D eigenvalue weighted by Gasteiger charge is 2.35. The lowest BCUT2D eigenvalue weighted by Crippen LogP contribution is -2.46. The van der Waals surface area contributed by atoms with Gasteiger partial charge in [0.05, 0.1) is 12.0 Å².